The van der Waals surface area contributed by atoms with Crippen LogP contribution in [0.2, 0.25) is 0 Å². The molecular weight excluding hydrogens is 250 g/mol. The van der Waals surface area contributed by atoms with Crippen molar-refractivity contribution in [2.75, 3.05) is 6.54 Å². The summed E-state index contributed by atoms with van der Waals surface area (Å²) in [6.45, 7) is 2.29. The summed E-state index contributed by atoms with van der Waals surface area (Å²) in [5, 5.41) is 9.13. The lowest BCUT2D eigenvalue weighted by Gasteiger charge is -2.09. The zero-order chi connectivity index (χ0) is 13.4. The fraction of sp³-hybridized carbons (Fsp3) is 0.538. The highest BCUT2D eigenvalue weighted by molar-refractivity contribution is 7.89. The summed E-state index contributed by atoms with van der Waals surface area (Å²) in [6, 6.07) is 6.50. The molecule has 0 unspecified atom stereocenters. The molecule has 0 heterocycles. The molecule has 102 valence electrons. The van der Waals surface area contributed by atoms with Crippen molar-refractivity contribution in [3.63, 3.8) is 0 Å². The molecule has 0 saturated carbocycles. The predicted octanol–water partition coefficient (Wildman–Crippen LogP) is 2.04. The number of rotatable bonds is 8. The Morgan fingerprint density at radius 2 is 1.89 bits per heavy atom. The third-order valence-electron chi connectivity index (χ3n) is 2.75. The van der Waals surface area contributed by atoms with Gasteiger partial charge >= 0.3 is 0 Å². The molecule has 0 fully saturated rings. The Morgan fingerprint density at radius 1 is 1.17 bits per heavy atom. The molecule has 5 heteroatoms. The van der Waals surface area contributed by atoms with Gasteiger partial charge in [-0.3, -0.25) is 0 Å². The summed E-state index contributed by atoms with van der Waals surface area (Å²) in [5.74, 6) is 0. The molecule has 0 radical (unpaired) electrons. The van der Waals surface area contributed by atoms with E-state index in [4.69, 9.17) is 5.11 Å². The maximum atomic E-state index is 12.0. The maximum absolute atomic E-state index is 12.0. The summed E-state index contributed by atoms with van der Waals surface area (Å²) >= 11 is 0. The van der Waals surface area contributed by atoms with Crippen LogP contribution in [0.3, 0.4) is 0 Å². The van der Waals surface area contributed by atoms with Crippen molar-refractivity contribution in [2.45, 2.75) is 44.1 Å². The monoisotopic (exact) mass is 271 g/mol. The van der Waals surface area contributed by atoms with Crippen molar-refractivity contribution >= 4 is 10.0 Å². The van der Waals surface area contributed by atoms with Gasteiger partial charge in [-0.05, 0) is 18.1 Å². The van der Waals surface area contributed by atoms with E-state index in [0.29, 0.717) is 12.1 Å². The molecule has 4 nitrogen and oxygen atoms in total. The minimum atomic E-state index is -3.50. The zero-order valence-electron chi connectivity index (χ0n) is 10.7. The SMILES string of the molecule is CCCCCCNS(=O)(=O)c1ccccc1CO. The average Bonchev–Trinajstić information content (AvgIpc) is 2.38. The van der Waals surface area contributed by atoms with Gasteiger partial charge in [0, 0.05) is 6.54 Å². The summed E-state index contributed by atoms with van der Waals surface area (Å²) in [7, 11) is -3.50. The van der Waals surface area contributed by atoms with Crippen LogP contribution >= 0.6 is 0 Å². The van der Waals surface area contributed by atoms with Crippen LogP contribution in [0.5, 0.6) is 0 Å². The second kappa shape index (κ2) is 7.51. The van der Waals surface area contributed by atoms with Gasteiger partial charge in [0.2, 0.25) is 10.0 Å². The second-order valence-electron chi connectivity index (χ2n) is 4.22. The minimum absolute atomic E-state index is 0.169. The van der Waals surface area contributed by atoms with Gasteiger partial charge < -0.3 is 5.11 Å². The highest BCUT2D eigenvalue weighted by Crippen LogP contribution is 2.15. The Balaban J connectivity index is 2.63. The van der Waals surface area contributed by atoms with Crippen LogP contribution in [0.4, 0.5) is 0 Å². The molecule has 0 aliphatic carbocycles. The molecular formula is C13H21NO3S. The van der Waals surface area contributed by atoms with Gasteiger partial charge in [0.15, 0.2) is 0 Å². The highest BCUT2D eigenvalue weighted by atomic mass is 32.2. The standard InChI is InChI=1S/C13H21NO3S/c1-2-3-4-7-10-14-18(16,17)13-9-6-5-8-12(13)11-15/h5-6,8-9,14-15H,2-4,7,10-11H2,1H3. The van der Waals surface area contributed by atoms with E-state index in [1.54, 1.807) is 18.2 Å². The predicted molar refractivity (Wildman–Crippen MR) is 71.7 cm³/mol. The number of hydrogen-bond donors (Lipinski definition) is 2. The molecule has 0 aliphatic heterocycles. The molecule has 0 aromatic heterocycles. The summed E-state index contributed by atoms with van der Waals surface area (Å²) in [4.78, 5) is 0.169. The highest BCUT2D eigenvalue weighted by Gasteiger charge is 2.16. The number of nitrogens with one attached hydrogen (secondary N) is 1. The number of benzene rings is 1. The third kappa shape index (κ3) is 4.40. The van der Waals surface area contributed by atoms with E-state index in [2.05, 4.69) is 11.6 Å². The molecule has 0 atom stereocenters. The molecule has 0 bridgehead atoms. The van der Waals surface area contributed by atoms with Crippen LogP contribution in [0, 0.1) is 0 Å². The first-order valence-corrected chi connectivity index (χ1v) is 7.78. The van der Waals surface area contributed by atoms with E-state index in [9.17, 15) is 8.42 Å². The molecule has 1 aromatic carbocycles. The topological polar surface area (TPSA) is 66.4 Å². The Labute approximate surface area is 109 Å². The normalized spacial score (nSPS) is 11.7. The van der Waals surface area contributed by atoms with Crippen LogP contribution in [0.1, 0.15) is 38.2 Å². The molecule has 18 heavy (non-hydrogen) atoms. The van der Waals surface area contributed by atoms with Crippen LogP contribution in [-0.2, 0) is 16.6 Å². The van der Waals surface area contributed by atoms with Crippen LogP contribution < -0.4 is 4.72 Å². The van der Waals surface area contributed by atoms with E-state index < -0.39 is 10.0 Å². The third-order valence-corrected chi connectivity index (χ3v) is 4.32. The van der Waals surface area contributed by atoms with E-state index in [0.717, 1.165) is 25.7 Å². The van der Waals surface area contributed by atoms with E-state index in [1.165, 1.54) is 6.07 Å². The number of unbranched alkanes of at least 4 members (excludes halogenated alkanes) is 3. The summed E-state index contributed by atoms with van der Waals surface area (Å²) < 4.78 is 26.6. The summed E-state index contributed by atoms with van der Waals surface area (Å²) in [5.41, 5.74) is 0.429. The molecule has 0 aliphatic rings. The Morgan fingerprint density at radius 3 is 2.56 bits per heavy atom. The van der Waals surface area contributed by atoms with Crippen molar-refractivity contribution in [3.05, 3.63) is 29.8 Å². The molecule has 1 rings (SSSR count). The molecule has 0 amide bonds. The number of sulfonamides is 1. The number of hydrogen-bond acceptors (Lipinski definition) is 3. The Bertz CT molecular complexity index is 457. The van der Waals surface area contributed by atoms with Gasteiger partial charge in [-0.2, -0.15) is 0 Å². The first kappa shape index (κ1) is 15.1. The smallest absolute Gasteiger partial charge is 0.240 e. The van der Waals surface area contributed by atoms with Crippen LogP contribution in [0.15, 0.2) is 29.2 Å². The fourth-order valence-electron chi connectivity index (χ4n) is 1.73. The van der Waals surface area contributed by atoms with Crippen molar-refractivity contribution in [1.82, 2.24) is 4.72 Å². The molecule has 1 aromatic rings. The maximum Gasteiger partial charge on any atom is 0.240 e. The Hall–Kier alpha value is -0.910. The largest absolute Gasteiger partial charge is 0.392 e. The lowest BCUT2D eigenvalue weighted by molar-refractivity contribution is 0.278. The fourth-order valence-corrected chi connectivity index (χ4v) is 3.04. The lowest BCUT2D eigenvalue weighted by Crippen LogP contribution is -2.25. The number of aliphatic hydroxyl groups excluding tert-OH is 1. The van der Waals surface area contributed by atoms with Crippen molar-refractivity contribution < 1.29 is 13.5 Å². The van der Waals surface area contributed by atoms with E-state index >= 15 is 0 Å². The first-order valence-electron chi connectivity index (χ1n) is 6.30. The number of aliphatic hydroxyl groups is 1. The lowest BCUT2D eigenvalue weighted by atomic mass is 10.2. The molecule has 0 spiro atoms. The van der Waals surface area contributed by atoms with E-state index in [1.807, 2.05) is 0 Å². The van der Waals surface area contributed by atoms with Gasteiger partial charge in [0.05, 0.1) is 11.5 Å². The first-order chi connectivity index (χ1) is 8.61. The molecule has 2 N–H and O–H groups in total. The van der Waals surface area contributed by atoms with Gasteiger partial charge in [-0.1, -0.05) is 44.4 Å². The van der Waals surface area contributed by atoms with E-state index in [-0.39, 0.29) is 11.5 Å². The van der Waals surface area contributed by atoms with Crippen molar-refractivity contribution in [2.24, 2.45) is 0 Å². The van der Waals surface area contributed by atoms with Gasteiger partial charge in [-0.15, -0.1) is 0 Å². The summed E-state index contributed by atoms with van der Waals surface area (Å²) in [6.07, 6.45) is 4.12. The van der Waals surface area contributed by atoms with Crippen LogP contribution in [-0.4, -0.2) is 20.1 Å². The van der Waals surface area contributed by atoms with Gasteiger partial charge in [0.1, 0.15) is 0 Å². The van der Waals surface area contributed by atoms with Gasteiger partial charge in [0.25, 0.3) is 0 Å². The zero-order valence-corrected chi connectivity index (χ0v) is 11.5. The Kier molecular flexibility index (Phi) is 6.32. The van der Waals surface area contributed by atoms with Crippen molar-refractivity contribution in [1.29, 1.82) is 0 Å². The van der Waals surface area contributed by atoms with Gasteiger partial charge in [-0.25, -0.2) is 13.1 Å². The molecule has 0 saturated heterocycles. The quantitative estimate of drug-likeness (QED) is 0.711. The van der Waals surface area contributed by atoms with Crippen molar-refractivity contribution in [3.8, 4) is 0 Å². The minimum Gasteiger partial charge on any atom is -0.392 e. The van der Waals surface area contributed by atoms with Crippen LogP contribution in [0.25, 0.3) is 0 Å². The second-order valence-corrected chi connectivity index (χ2v) is 5.96. The average molecular weight is 271 g/mol.